The third-order valence-corrected chi connectivity index (χ3v) is 8.17. The van der Waals surface area contributed by atoms with Crippen molar-refractivity contribution in [2.45, 2.75) is 63.4 Å². The summed E-state index contributed by atoms with van der Waals surface area (Å²) in [6.45, 7) is 2.73. The highest BCUT2D eigenvalue weighted by Gasteiger charge is 2.38. The number of aliphatic carboxylic acids is 1. The first-order valence-corrected chi connectivity index (χ1v) is 15.9. The Labute approximate surface area is 283 Å². The molecule has 3 aromatic carbocycles. The topological polar surface area (TPSA) is 137 Å². The van der Waals surface area contributed by atoms with Crippen molar-refractivity contribution >= 4 is 17.7 Å². The molecule has 4 rings (SSSR count). The first kappa shape index (κ1) is 38.8. The number of alkyl halides is 3. The zero-order valence-electron chi connectivity index (χ0n) is 27.6. The van der Waals surface area contributed by atoms with Crippen molar-refractivity contribution in [2.24, 2.45) is 0 Å². The number of unbranched alkanes of at least 4 members (excludes halogenated alkanes) is 1. The van der Waals surface area contributed by atoms with Crippen molar-refractivity contribution in [3.05, 3.63) is 89.5 Å². The van der Waals surface area contributed by atoms with Gasteiger partial charge in [0.05, 0.1) is 20.3 Å². The predicted molar refractivity (Wildman–Crippen MR) is 176 cm³/mol. The van der Waals surface area contributed by atoms with Gasteiger partial charge >= 0.3 is 12.1 Å². The third-order valence-electron chi connectivity index (χ3n) is 8.17. The molecule has 2 atom stereocenters. The van der Waals surface area contributed by atoms with E-state index in [1.54, 1.807) is 67.7 Å². The fraction of sp³-hybridized carbons (Fsp3) is 0.417. The summed E-state index contributed by atoms with van der Waals surface area (Å²) in [4.78, 5) is 39.6. The molecule has 1 amide bonds. The molecule has 1 heterocycles. The minimum atomic E-state index is -5.08. The molecule has 1 aliphatic rings. The zero-order valence-corrected chi connectivity index (χ0v) is 27.6. The Kier molecular flexibility index (Phi) is 14.9. The molecule has 0 saturated carbocycles. The SMILES string of the molecule is COc1ccc(CN(C(=O)CCCCC(=O)c2ccc(OC)cc2)[C@H](CN2CCCC2)[C@H](O)c2ccc(O)cc2)cc1.O=C(O)C(F)(F)F. The number of likely N-dealkylation sites (tertiary alicyclic amines) is 1. The number of methoxy groups -OCH3 is 2. The second kappa shape index (κ2) is 18.8. The summed E-state index contributed by atoms with van der Waals surface area (Å²) in [6.07, 6.45) is -2.07. The van der Waals surface area contributed by atoms with Crippen LogP contribution in [0.25, 0.3) is 0 Å². The Hall–Kier alpha value is -4.62. The summed E-state index contributed by atoms with van der Waals surface area (Å²) in [7, 11) is 3.20. The molecule has 0 radical (unpaired) electrons. The van der Waals surface area contributed by atoms with Crippen molar-refractivity contribution in [2.75, 3.05) is 33.9 Å². The Morgan fingerprint density at radius 3 is 1.86 bits per heavy atom. The highest BCUT2D eigenvalue weighted by atomic mass is 19.4. The zero-order chi connectivity index (χ0) is 36.0. The van der Waals surface area contributed by atoms with Crippen LogP contribution in [-0.2, 0) is 16.1 Å². The van der Waals surface area contributed by atoms with Crippen molar-refractivity contribution in [1.29, 1.82) is 0 Å². The minimum Gasteiger partial charge on any atom is -0.508 e. The molecule has 3 N–H and O–H groups in total. The van der Waals surface area contributed by atoms with Crippen molar-refractivity contribution in [3.63, 3.8) is 0 Å². The van der Waals surface area contributed by atoms with Gasteiger partial charge in [-0.3, -0.25) is 9.59 Å². The lowest BCUT2D eigenvalue weighted by atomic mass is 9.98. The van der Waals surface area contributed by atoms with Crippen molar-refractivity contribution in [1.82, 2.24) is 9.80 Å². The lowest BCUT2D eigenvalue weighted by Crippen LogP contribution is -2.49. The second-order valence-electron chi connectivity index (χ2n) is 11.6. The molecule has 49 heavy (non-hydrogen) atoms. The molecular formula is C36H43F3N2O8. The number of Topliss-reactive ketones (excluding diaryl/α,β-unsaturated/α-hetero) is 1. The molecule has 10 nitrogen and oxygen atoms in total. The van der Waals surface area contributed by atoms with Crippen LogP contribution >= 0.6 is 0 Å². The Bertz CT molecular complexity index is 1480. The summed E-state index contributed by atoms with van der Waals surface area (Å²) in [5.41, 5.74) is 2.21. The lowest BCUT2D eigenvalue weighted by Gasteiger charge is -2.38. The molecule has 0 aliphatic carbocycles. The average molecular weight is 689 g/mol. The molecule has 0 unspecified atom stereocenters. The van der Waals surface area contributed by atoms with E-state index >= 15 is 0 Å². The number of carboxylic acids is 1. The van der Waals surface area contributed by atoms with Gasteiger partial charge in [-0.25, -0.2) is 4.79 Å². The number of rotatable bonds is 15. The van der Waals surface area contributed by atoms with Crippen LogP contribution in [0.5, 0.6) is 17.2 Å². The van der Waals surface area contributed by atoms with Crippen LogP contribution in [0, 0.1) is 0 Å². The molecular weight excluding hydrogens is 645 g/mol. The number of benzene rings is 3. The molecule has 3 aromatic rings. The van der Waals surface area contributed by atoms with Crippen LogP contribution in [0.3, 0.4) is 0 Å². The van der Waals surface area contributed by atoms with Gasteiger partial charge in [-0.2, -0.15) is 13.2 Å². The van der Waals surface area contributed by atoms with Crippen LogP contribution in [0.1, 0.15) is 66.1 Å². The number of ether oxygens (including phenoxy) is 2. The number of aliphatic hydroxyl groups excluding tert-OH is 1. The van der Waals surface area contributed by atoms with Gasteiger partial charge in [0.15, 0.2) is 5.78 Å². The first-order valence-electron chi connectivity index (χ1n) is 15.9. The number of carbonyl (C=O) groups is 3. The number of phenols is 1. The van der Waals surface area contributed by atoms with E-state index in [2.05, 4.69) is 4.90 Å². The van der Waals surface area contributed by atoms with E-state index in [9.17, 15) is 33.0 Å². The summed E-state index contributed by atoms with van der Waals surface area (Å²) >= 11 is 0. The fourth-order valence-corrected chi connectivity index (χ4v) is 5.44. The van der Waals surface area contributed by atoms with Gasteiger partial charge in [0, 0.05) is 31.5 Å². The van der Waals surface area contributed by atoms with Gasteiger partial charge in [-0.05, 0) is 98.4 Å². The van der Waals surface area contributed by atoms with Crippen molar-refractivity contribution < 1.29 is 52.3 Å². The van der Waals surface area contributed by atoms with Crippen LogP contribution in [0.4, 0.5) is 13.2 Å². The van der Waals surface area contributed by atoms with E-state index < -0.39 is 24.3 Å². The number of ketones is 1. The average Bonchev–Trinajstić information content (AvgIpc) is 3.61. The molecule has 266 valence electrons. The van der Waals surface area contributed by atoms with Gasteiger partial charge in [0.2, 0.25) is 5.91 Å². The van der Waals surface area contributed by atoms with E-state index in [1.807, 2.05) is 24.3 Å². The maximum Gasteiger partial charge on any atom is 0.490 e. The number of halogens is 3. The number of phenolic OH excluding ortho intramolecular Hbond substituents is 1. The van der Waals surface area contributed by atoms with E-state index in [4.69, 9.17) is 19.4 Å². The number of carbonyl (C=O) groups excluding carboxylic acids is 2. The second-order valence-corrected chi connectivity index (χ2v) is 11.6. The summed E-state index contributed by atoms with van der Waals surface area (Å²) in [6, 6.07) is 20.7. The summed E-state index contributed by atoms with van der Waals surface area (Å²) < 4.78 is 42.2. The molecule has 1 fully saturated rings. The molecule has 0 spiro atoms. The normalized spacial score (nSPS) is 14.2. The highest BCUT2D eigenvalue weighted by molar-refractivity contribution is 5.96. The standard InChI is InChI=1S/C34H42N2O6.C2HF3O2/c1-41-29-17-9-25(10-18-29)23-36(33(39)8-4-3-7-32(38)26-13-19-30(42-2)20-14-26)31(24-35-21-5-6-22-35)34(40)27-11-15-28(37)16-12-27;3-2(4,5)1(6)7/h9-20,31,34,37,40H,3-8,21-24H2,1-2H3;(H,6,7)/t31-,34-;/m1./s1. The van der Waals surface area contributed by atoms with Crippen LogP contribution in [-0.4, -0.2) is 88.9 Å². The summed E-state index contributed by atoms with van der Waals surface area (Å²) in [5.74, 6) is -1.23. The van der Waals surface area contributed by atoms with Crippen molar-refractivity contribution in [3.8, 4) is 17.2 Å². The summed E-state index contributed by atoms with van der Waals surface area (Å²) in [5, 5.41) is 28.6. The number of aromatic hydroxyl groups is 1. The van der Waals surface area contributed by atoms with Gasteiger partial charge < -0.3 is 34.6 Å². The number of nitrogens with zero attached hydrogens (tertiary/aromatic N) is 2. The monoisotopic (exact) mass is 688 g/mol. The van der Waals surface area contributed by atoms with Gasteiger partial charge in [-0.15, -0.1) is 0 Å². The quantitative estimate of drug-likeness (QED) is 0.130. The van der Waals surface area contributed by atoms with E-state index in [0.717, 1.165) is 37.2 Å². The van der Waals surface area contributed by atoms with E-state index in [1.165, 1.54) is 0 Å². The molecule has 0 aromatic heterocycles. The number of amides is 1. The largest absolute Gasteiger partial charge is 0.508 e. The lowest BCUT2D eigenvalue weighted by molar-refractivity contribution is -0.192. The Morgan fingerprint density at radius 2 is 1.35 bits per heavy atom. The van der Waals surface area contributed by atoms with Crippen LogP contribution in [0.15, 0.2) is 72.8 Å². The Balaban J connectivity index is 0.000000838. The minimum absolute atomic E-state index is 0.0369. The maximum absolute atomic E-state index is 13.9. The maximum atomic E-state index is 13.9. The van der Waals surface area contributed by atoms with E-state index in [-0.39, 0.29) is 23.9 Å². The first-order chi connectivity index (χ1) is 23.3. The molecule has 0 bridgehead atoms. The van der Waals surface area contributed by atoms with Gasteiger partial charge in [0.1, 0.15) is 23.4 Å². The van der Waals surface area contributed by atoms with Gasteiger partial charge in [0.25, 0.3) is 0 Å². The number of hydrogen-bond acceptors (Lipinski definition) is 8. The molecule has 1 aliphatic heterocycles. The number of aliphatic hydroxyl groups is 1. The number of hydrogen-bond donors (Lipinski definition) is 3. The Morgan fingerprint density at radius 1 is 0.837 bits per heavy atom. The van der Waals surface area contributed by atoms with Crippen LogP contribution < -0.4 is 9.47 Å². The van der Waals surface area contributed by atoms with E-state index in [0.29, 0.717) is 49.2 Å². The molecule has 1 saturated heterocycles. The van der Waals surface area contributed by atoms with Gasteiger partial charge in [-0.1, -0.05) is 24.3 Å². The predicted octanol–water partition coefficient (Wildman–Crippen LogP) is 6.01. The van der Waals surface area contributed by atoms with Crippen LogP contribution in [0.2, 0.25) is 0 Å². The smallest absolute Gasteiger partial charge is 0.490 e. The molecule has 13 heteroatoms. The number of carboxylic acid groups (broad SMARTS) is 1. The third kappa shape index (κ3) is 12.4. The fourth-order valence-electron chi connectivity index (χ4n) is 5.44. The highest BCUT2D eigenvalue weighted by Crippen LogP contribution is 2.28.